The van der Waals surface area contributed by atoms with E-state index in [9.17, 15) is 4.79 Å². The molecule has 0 aliphatic heterocycles. The number of benzene rings is 1. The van der Waals surface area contributed by atoms with E-state index in [0.29, 0.717) is 12.1 Å². The highest BCUT2D eigenvalue weighted by Gasteiger charge is 2.22. The van der Waals surface area contributed by atoms with Gasteiger partial charge in [0.25, 0.3) is 5.91 Å². The van der Waals surface area contributed by atoms with E-state index in [4.69, 9.17) is 4.42 Å². The molecule has 3 rings (SSSR count). The van der Waals surface area contributed by atoms with E-state index in [1.807, 2.05) is 48.0 Å². The molecule has 3 aromatic rings. The minimum Gasteiger partial charge on any atom is -0.468 e. The van der Waals surface area contributed by atoms with Gasteiger partial charge < -0.3 is 14.3 Å². The van der Waals surface area contributed by atoms with Gasteiger partial charge in [0.2, 0.25) is 0 Å². The van der Waals surface area contributed by atoms with E-state index in [0.717, 1.165) is 30.1 Å². The van der Waals surface area contributed by atoms with Gasteiger partial charge in [-0.15, -0.1) is 0 Å². The highest BCUT2D eigenvalue weighted by molar-refractivity contribution is 5.98. The smallest absolute Gasteiger partial charge is 0.253 e. The van der Waals surface area contributed by atoms with Crippen molar-refractivity contribution in [3.8, 4) is 5.69 Å². The molecular weight excluding hydrogens is 340 g/mol. The average molecular weight is 366 g/mol. The number of rotatable bonds is 8. The van der Waals surface area contributed by atoms with Crippen LogP contribution in [0.15, 0.2) is 59.7 Å². The molecule has 0 aliphatic rings. The maximum absolute atomic E-state index is 13.0. The lowest BCUT2D eigenvalue weighted by Crippen LogP contribution is -2.38. The van der Waals surface area contributed by atoms with Crippen molar-refractivity contribution in [1.82, 2.24) is 19.8 Å². The molecule has 1 atom stereocenters. The second kappa shape index (κ2) is 8.68. The summed E-state index contributed by atoms with van der Waals surface area (Å²) in [6.07, 6.45) is 6.91. The second-order valence-electron chi connectivity index (χ2n) is 6.45. The number of imidazole rings is 1. The van der Waals surface area contributed by atoms with E-state index >= 15 is 0 Å². The Bertz CT molecular complexity index is 852. The molecule has 0 saturated carbocycles. The molecule has 1 unspecified atom stereocenters. The van der Waals surface area contributed by atoms with E-state index in [-0.39, 0.29) is 11.9 Å². The molecule has 1 aromatic carbocycles. The fraction of sp³-hybridized carbons (Fsp3) is 0.333. The molecule has 2 heterocycles. The number of aromatic nitrogens is 2. The maximum Gasteiger partial charge on any atom is 0.253 e. The highest BCUT2D eigenvalue weighted by atomic mass is 16.3. The lowest BCUT2D eigenvalue weighted by atomic mass is 10.1. The minimum atomic E-state index is -0.105. The largest absolute Gasteiger partial charge is 0.468 e. The Morgan fingerprint density at radius 3 is 2.74 bits per heavy atom. The number of aryl methyl sites for hydroxylation is 1. The van der Waals surface area contributed by atoms with E-state index in [1.54, 1.807) is 18.8 Å². The van der Waals surface area contributed by atoms with Crippen LogP contribution in [-0.2, 0) is 0 Å². The van der Waals surface area contributed by atoms with Crippen molar-refractivity contribution in [2.75, 3.05) is 19.6 Å². The molecular formula is C21H26N4O2. The standard InChI is InChI=1S/C21H26N4O2/c1-4-24(5-2)19(20-7-6-12-27-20)14-23-21(26)17-13-16(3)8-9-18(17)25-11-10-22-15-25/h6-13,15,19H,4-5,14H2,1-3H3,(H,23,26). The fourth-order valence-corrected chi connectivity index (χ4v) is 3.30. The van der Waals surface area contributed by atoms with Gasteiger partial charge in [0.1, 0.15) is 5.76 Å². The molecule has 0 aliphatic carbocycles. The zero-order chi connectivity index (χ0) is 19.2. The first kappa shape index (κ1) is 18.9. The molecule has 1 N–H and O–H groups in total. The molecule has 1 amide bonds. The summed E-state index contributed by atoms with van der Waals surface area (Å²) in [7, 11) is 0. The average Bonchev–Trinajstić information content (AvgIpc) is 3.38. The Balaban J connectivity index is 1.81. The van der Waals surface area contributed by atoms with Crippen LogP contribution in [0.4, 0.5) is 0 Å². The first-order chi connectivity index (χ1) is 13.1. The summed E-state index contributed by atoms with van der Waals surface area (Å²) in [6.45, 7) is 8.43. The van der Waals surface area contributed by atoms with E-state index in [1.165, 1.54) is 0 Å². The first-order valence-electron chi connectivity index (χ1n) is 9.28. The molecule has 6 nitrogen and oxygen atoms in total. The summed E-state index contributed by atoms with van der Waals surface area (Å²) in [5, 5.41) is 3.09. The number of carbonyl (C=O) groups is 1. The SMILES string of the molecule is CCN(CC)C(CNC(=O)c1cc(C)ccc1-n1ccnc1)c1ccco1. The van der Waals surface area contributed by atoms with Gasteiger partial charge in [0.15, 0.2) is 0 Å². The van der Waals surface area contributed by atoms with Crippen LogP contribution in [0, 0.1) is 6.92 Å². The molecule has 0 saturated heterocycles. The van der Waals surface area contributed by atoms with Gasteiger partial charge in [-0.05, 0) is 44.3 Å². The van der Waals surface area contributed by atoms with Gasteiger partial charge in [0.05, 0.1) is 29.9 Å². The predicted octanol–water partition coefficient (Wildman–Crippen LogP) is 3.59. The number of likely N-dealkylation sites (N-methyl/N-ethyl adjacent to an activating group) is 1. The third-order valence-corrected chi connectivity index (χ3v) is 4.76. The molecule has 2 aromatic heterocycles. The Hall–Kier alpha value is -2.86. The molecule has 27 heavy (non-hydrogen) atoms. The van der Waals surface area contributed by atoms with Gasteiger partial charge >= 0.3 is 0 Å². The van der Waals surface area contributed by atoms with Crippen molar-refractivity contribution in [3.05, 3.63) is 72.2 Å². The topological polar surface area (TPSA) is 63.3 Å². The second-order valence-corrected chi connectivity index (χ2v) is 6.45. The zero-order valence-electron chi connectivity index (χ0n) is 16.1. The zero-order valence-corrected chi connectivity index (χ0v) is 16.1. The number of hydrogen-bond donors (Lipinski definition) is 1. The summed E-state index contributed by atoms with van der Waals surface area (Å²) in [5.74, 6) is 0.754. The number of nitrogens with zero attached hydrogens (tertiary/aromatic N) is 3. The highest BCUT2D eigenvalue weighted by Crippen LogP contribution is 2.21. The Morgan fingerprint density at radius 2 is 2.11 bits per heavy atom. The molecule has 0 fully saturated rings. The first-order valence-corrected chi connectivity index (χ1v) is 9.28. The Morgan fingerprint density at radius 1 is 1.30 bits per heavy atom. The minimum absolute atomic E-state index is 0.000421. The molecule has 6 heteroatoms. The van der Waals surface area contributed by atoms with Crippen LogP contribution in [0.25, 0.3) is 5.69 Å². The van der Waals surface area contributed by atoms with Crippen LogP contribution in [0.1, 0.15) is 41.6 Å². The number of nitrogens with one attached hydrogen (secondary N) is 1. The molecule has 0 bridgehead atoms. The monoisotopic (exact) mass is 366 g/mol. The third kappa shape index (κ3) is 4.28. The van der Waals surface area contributed by atoms with Gasteiger partial charge in [0, 0.05) is 18.9 Å². The summed E-state index contributed by atoms with van der Waals surface area (Å²) < 4.78 is 7.46. The number of furan rings is 1. The number of amides is 1. The summed E-state index contributed by atoms with van der Waals surface area (Å²) in [4.78, 5) is 19.3. The molecule has 0 radical (unpaired) electrons. The van der Waals surface area contributed by atoms with Crippen molar-refractivity contribution in [2.24, 2.45) is 0 Å². The molecule has 0 spiro atoms. The van der Waals surface area contributed by atoms with Gasteiger partial charge in [-0.1, -0.05) is 25.5 Å². The lowest BCUT2D eigenvalue weighted by molar-refractivity contribution is 0.0929. The van der Waals surface area contributed by atoms with Gasteiger partial charge in [-0.25, -0.2) is 4.98 Å². The third-order valence-electron chi connectivity index (χ3n) is 4.76. The fourth-order valence-electron chi connectivity index (χ4n) is 3.30. The van der Waals surface area contributed by atoms with Crippen LogP contribution in [0.2, 0.25) is 0 Å². The van der Waals surface area contributed by atoms with Crippen LogP contribution < -0.4 is 5.32 Å². The quantitative estimate of drug-likeness (QED) is 0.662. The van der Waals surface area contributed by atoms with Crippen molar-refractivity contribution >= 4 is 5.91 Å². The predicted molar refractivity (Wildman–Crippen MR) is 105 cm³/mol. The summed E-state index contributed by atoms with van der Waals surface area (Å²) in [5.41, 5.74) is 2.48. The van der Waals surface area contributed by atoms with Crippen LogP contribution >= 0.6 is 0 Å². The normalized spacial score (nSPS) is 12.3. The van der Waals surface area contributed by atoms with Crippen molar-refractivity contribution in [1.29, 1.82) is 0 Å². The van der Waals surface area contributed by atoms with Gasteiger partial charge in [-0.2, -0.15) is 0 Å². The van der Waals surface area contributed by atoms with Crippen molar-refractivity contribution < 1.29 is 9.21 Å². The van der Waals surface area contributed by atoms with Crippen LogP contribution in [-0.4, -0.2) is 40.0 Å². The van der Waals surface area contributed by atoms with Gasteiger partial charge in [-0.3, -0.25) is 9.69 Å². The molecule has 142 valence electrons. The van der Waals surface area contributed by atoms with Crippen molar-refractivity contribution in [3.63, 3.8) is 0 Å². The summed E-state index contributed by atoms with van der Waals surface area (Å²) >= 11 is 0. The number of hydrogen-bond acceptors (Lipinski definition) is 4. The van der Waals surface area contributed by atoms with Crippen LogP contribution in [0.5, 0.6) is 0 Å². The Kier molecular flexibility index (Phi) is 6.08. The lowest BCUT2D eigenvalue weighted by Gasteiger charge is -2.28. The van der Waals surface area contributed by atoms with Crippen molar-refractivity contribution in [2.45, 2.75) is 26.8 Å². The van der Waals surface area contributed by atoms with E-state index < -0.39 is 0 Å². The Labute approximate surface area is 159 Å². The number of carbonyl (C=O) groups excluding carboxylic acids is 1. The maximum atomic E-state index is 13.0. The van der Waals surface area contributed by atoms with E-state index in [2.05, 4.69) is 29.0 Å². The van der Waals surface area contributed by atoms with Crippen LogP contribution in [0.3, 0.4) is 0 Å². The summed E-state index contributed by atoms with van der Waals surface area (Å²) in [6, 6.07) is 9.68.